The fourth-order valence-electron chi connectivity index (χ4n) is 4.86. The van der Waals surface area contributed by atoms with Gasteiger partial charge in [-0.15, -0.1) is 0 Å². The van der Waals surface area contributed by atoms with Crippen LogP contribution in [0.4, 0.5) is 22.7 Å². The summed E-state index contributed by atoms with van der Waals surface area (Å²) >= 11 is 5.33. The quantitative estimate of drug-likeness (QED) is 0.140. The molecule has 0 aliphatic carbocycles. The lowest BCUT2D eigenvalue weighted by Crippen LogP contribution is -2.55. The molecule has 7 heteroatoms. The van der Waals surface area contributed by atoms with Gasteiger partial charge in [0, 0.05) is 24.5 Å². The third kappa shape index (κ3) is 4.99. The van der Waals surface area contributed by atoms with E-state index in [1.54, 1.807) is 12.2 Å². The zero-order valence-electron chi connectivity index (χ0n) is 22.5. The number of rotatable bonds is 7. The van der Waals surface area contributed by atoms with Crippen LogP contribution < -0.4 is 9.80 Å². The van der Waals surface area contributed by atoms with Crippen LogP contribution in [0.15, 0.2) is 133 Å². The molecule has 200 valence electrons. The average molecular weight is 547 g/mol. The summed E-state index contributed by atoms with van der Waals surface area (Å²) in [5, 5.41) is 0.260. The normalized spacial score (nSPS) is 15.6. The molecule has 0 bridgehead atoms. The number of thiocarbonyl (C=S) groups is 1. The van der Waals surface area contributed by atoms with Crippen molar-refractivity contribution in [2.75, 3.05) is 22.9 Å². The Hall–Kier alpha value is -4.75. The number of carbonyl (C=O) groups excluding carboxylic acids is 2. The molecule has 0 unspecified atom stereocenters. The number of carbonyl (C=O) groups is 2. The van der Waals surface area contributed by atoms with E-state index in [1.807, 2.05) is 80.6 Å². The summed E-state index contributed by atoms with van der Waals surface area (Å²) in [6, 6.07) is 28.9. The van der Waals surface area contributed by atoms with E-state index >= 15 is 0 Å². The molecule has 5 rings (SSSR count). The second-order valence-corrected chi connectivity index (χ2v) is 9.45. The van der Waals surface area contributed by atoms with Gasteiger partial charge in [-0.25, -0.2) is 0 Å². The zero-order chi connectivity index (χ0) is 28.1. The molecule has 1 fully saturated rings. The summed E-state index contributed by atoms with van der Waals surface area (Å²) in [7, 11) is 0. The van der Waals surface area contributed by atoms with Crippen LogP contribution in [0.5, 0.6) is 0 Å². The predicted molar refractivity (Wildman–Crippen MR) is 165 cm³/mol. The lowest BCUT2D eigenvalue weighted by Gasteiger charge is -2.35. The second-order valence-electron chi connectivity index (χ2n) is 9.09. The number of likely N-dealkylation sites (N-methyl/N-ethyl adjacent to an activating group) is 2. The van der Waals surface area contributed by atoms with Crippen molar-refractivity contribution in [3.05, 3.63) is 133 Å². The largest absolute Gasteiger partial charge is 0.294 e. The number of benzene rings is 3. The number of para-hydroxylation sites is 4. The molecule has 0 radical (unpaired) electrons. The van der Waals surface area contributed by atoms with Crippen LogP contribution >= 0.6 is 12.2 Å². The van der Waals surface area contributed by atoms with Crippen molar-refractivity contribution in [2.24, 2.45) is 0 Å². The van der Waals surface area contributed by atoms with Crippen molar-refractivity contribution in [2.45, 2.75) is 13.8 Å². The molecule has 0 atom stereocenters. The van der Waals surface area contributed by atoms with E-state index in [0.717, 1.165) is 28.6 Å². The van der Waals surface area contributed by atoms with Crippen molar-refractivity contribution < 1.29 is 9.59 Å². The minimum absolute atomic E-state index is 0.108. The summed E-state index contributed by atoms with van der Waals surface area (Å²) in [4.78, 5) is 33.0. The minimum Gasteiger partial charge on any atom is -0.294 e. The molecule has 2 heterocycles. The summed E-state index contributed by atoms with van der Waals surface area (Å²) in [6.45, 7) is 4.51. The topological polar surface area (TPSA) is 47.1 Å². The van der Waals surface area contributed by atoms with E-state index in [9.17, 15) is 9.59 Å². The highest BCUT2D eigenvalue weighted by Gasteiger charge is 2.37. The Morgan fingerprint density at radius 2 is 1.02 bits per heavy atom. The van der Waals surface area contributed by atoms with Crippen LogP contribution in [0, 0.1) is 0 Å². The highest BCUT2D eigenvalue weighted by atomic mass is 32.1. The summed E-state index contributed by atoms with van der Waals surface area (Å²) in [5.41, 5.74) is 4.40. The van der Waals surface area contributed by atoms with Gasteiger partial charge >= 0.3 is 0 Å². The fraction of sp³-hybridized carbons (Fsp3) is 0.121. The molecule has 6 nitrogen and oxygen atoms in total. The van der Waals surface area contributed by atoms with E-state index in [0.29, 0.717) is 13.1 Å². The smallest absolute Gasteiger partial charge is 0.265 e. The third-order valence-corrected chi connectivity index (χ3v) is 7.18. The van der Waals surface area contributed by atoms with Gasteiger partial charge < -0.3 is 0 Å². The summed E-state index contributed by atoms with van der Waals surface area (Å²) < 4.78 is 0. The van der Waals surface area contributed by atoms with E-state index in [4.69, 9.17) is 12.2 Å². The van der Waals surface area contributed by atoms with Crippen LogP contribution in [-0.4, -0.2) is 39.8 Å². The maximum atomic E-state index is 12.8. The van der Waals surface area contributed by atoms with Gasteiger partial charge in [0.2, 0.25) is 0 Å². The number of allylic oxidation sites excluding steroid dienone is 6. The van der Waals surface area contributed by atoms with Crippen molar-refractivity contribution in [1.82, 2.24) is 9.80 Å². The highest BCUT2D eigenvalue weighted by molar-refractivity contribution is 7.80. The van der Waals surface area contributed by atoms with Crippen molar-refractivity contribution in [1.29, 1.82) is 0 Å². The Morgan fingerprint density at radius 3 is 1.48 bits per heavy atom. The fourth-order valence-corrected chi connectivity index (χ4v) is 5.28. The van der Waals surface area contributed by atoms with Gasteiger partial charge in [-0.3, -0.25) is 29.2 Å². The lowest BCUT2D eigenvalue weighted by atomic mass is 10.1. The molecule has 0 aromatic heterocycles. The van der Waals surface area contributed by atoms with Crippen molar-refractivity contribution >= 4 is 51.9 Å². The first kappa shape index (κ1) is 26.8. The maximum absolute atomic E-state index is 12.8. The molecule has 2 aliphatic heterocycles. The number of nitrogens with zero attached hydrogens (tertiary/aromatic N) is 4. The first-order valence-electron chi connectivity index (χ1n) is 13.3. The Kier molecular flexibility index (Phi) is 8.03. The molecule has 3 aromatic carbocycles. The highest BCUT2D eigenvalue weighted by Crippen LogP contribution is 2.49. The Bertz CT molecular complexity index is 1450. The number of hydrogen-bond donors (Lipinski definition) is 0. The van der Waals surface area contributed by atoms with Crippen molar-refractivity contribution in [3.8, 4) is 0 Å². The summed E-state index contributed by atoms with van der Waals surface area (Å²) in [5.74, 6) is 0.252. The second kappa shape index (κ2) is 12.0. The number of anilines is 4. The van der Waals surface area contributed by atoms with Gasteiger partial charge in [0.25, 0.3) is 11.8 Å². The monoisotopic (exact) mass is 546 g/mol. The molecule has 0 spiro atoms. The van der Waals surface area contributed by atoms with Gasteiger partial charge in [-0.05, 0) is 74.6 Å². The zero-order valence-corrected chi connectivity index (χ0v) is 23.3. The molecule has 3 aromatic rings. The first-order valence-corrected chi connectivity index (χ1v) is 13.7. The molecular formula is C33H30N4O2S. The van der Waals surface area contributed by atoms with Crippen LogP contribution in [0.1, 0.15) is 13.8 Å². The minimum atomic E-state index is -0.362. The molecular weight excluding hydrogens is 516 g/mol. The van der Waals surface area contributed by atoms with Crippen LogP contribution in [0.2, 0.25) is 0 Å². The SMILES string of the molecule is CCN1C(=O)C(=C/C=C/C=C/C=C2N(c3ccccc3)c3ccccc3N2c2ccccc2)C(=O)N(CC)C1=S. The molecule has 1 saturated heterocycles. The van der Waals surface area contributed by atoms with Crippen LogP contribution in [-0.2, 0) is 9.59 Å². The average Bonchev–Trinajstić information content (AvgIpc) is 3.31. The van der Waals surface area contributed by atoms with Gasteiger partial charge in [-0.2, -0.15) is 0 Å². The third-order valence-electron chi connectivity index (χ3n) is 6.74. The van der Waals surface area contributed by atoms with E-state index in [2.05, 4.69) is 52.3 Å². The van der Waals surface area contributed by atoms with Gasteiger partial charge in [0.15, 0.2) is 5.11 Å². The van der Waals surface area contributed by atoms with Crippen molar-refractivity contribution in [3.63, 3.8) is 0 Å². The van der Waals surface area contributed by atoms with Gasteiger partial charge in [0.05, 0.1) is 11.4 Å². The predicted octanol–water partition coefficient (Wildman–Crippen LogP) is 6.85. The Balaban J connectivity index is 1.47. The number of hydrogen-bond acceptors (Lipinski definition) is 5. The molecule has 40 heavy (non-hydrogen) atoms. The number of amides is 2. The lowest BCUT2D eigenvalue weighted by molar-refractivity contribution is -0.133. The maximum Gasteiger partial charge on any atom is 0.265 e. The Labute approximate surface area is 240 Å². The molecule has 2 amide bonds. The van der Waals surface area contributed by atoms with Gasteiger partial charge in [0.1, 0.15) is 11.4 Å². The molecule has 0 saturated carbocycles. The Morgan fingerprint density at radius 1 is 0.600 bits per heavy atom. The first-order chi connectivity index (χ1) is 19.6. The standard InChI is InChI=1S/C33H30N4O2S/c1-3-34-31(38)27(32(39)35(4-2)33(34)40)21-13-5-6-14-24-30-36(25-17-9-7-10-18-25)28-22-15-16-23-29(28)37(30)26-19-11-8-12-20-26/h5-24H,3-4H2,1-2H3/b13-5+,14-6+. The number of fused-ring (bicyclic) bond motifs is 1. The molecule has 2 aliphatic rings. The van der Waals surface area contributed by atoms with Gasteiger partial charge in [-0.1, -0.05) is 72.8 Å². The van der Waals surface area contributed by atoms with E-state index in [1.165, 1.54) is 9.80 Å². The van der Waals surface area contributed by atoms with E-state index < -0.39 is 0 Å². The molecule has 0 N–H and O–H groups in total. The van der Waals surface area contributed by atoms with Crippen LogP contribution in [0.25, 0.3) is 0 Å². The van der Waals surface area contributed by atoms with E-state index in [-0.39, 0.29) is 22.5 Å². The summed E-state index contributed by atoms with van der Waals surface area (Å²) in [6.07, 6.45) is 11.0. The van der Waals surface area contributed by atoms with Crippen LogP contribution in [0.3, 0.4) is 0 Å².